The Bertz CT molecular complexity index is 696. The van der Waals surface area contributed by atoms with Crippen LogP contribution in [0.15, 0.2) is 30.3 Å². The lowest BCUT2D eigenvalue weighted by atomic mass is 9.84. The van der Waals surface area contributed by atoms with Crippen LogP contribution in [-0.2, 0) is 16.1 Å². The molecule has 2 heterocycles. The van der Waals surface area contributed by atoms with E-state index in [1.165, 1.54) is 9.80 Å². The fourth-order valence-electron chi connectivity index (χ4n) is 3.47. The molecule has 1 aromatic rings. The number of aliphatic hydroxyl groups excluding tert-OH is 2. The lowest BCUT2D eigenvalue weighted by Gasteiger charge is -2.52. The van der Waals surface area contributed by atoms with Gasteiger partial charge in [-0.15, -0.1) is 0 Å². The van der Waals surface area contributed by atoms with Crippen LogP contribution in [0.3, 0.4) is 0 Å². The number of ether oxygens (including phenoxy) is 2. The molecule has 2 amide bonds. The lowest BCUT2D eigenvalue weighted by Crippen LogP contribution is -2.74. The number of rotatable bonds is 2. The maximum absolute atomic E-state index is 12.5. The van der Waals surface area contributed by atoms with E-state index >= 15 is 0 Å². The average Bonchev–Trinajstić information content (AvgIpc) is 2.83. The molecule has 8 nitrogen and oxygen atoms in total. The quantitative estimate of drug-likeness (QED) is 0.806. The van der Waals surface area contributed by atoms with Gasteiger partial charge >= 0.3 is 12.2 Å². The maximum Gasteiger partial charge on any atom is 0.411 e. The van der Waals surface area contributed by atoms with Crippen LogP contribution in [0.1, 0.15) is 26.3 Å². The molecule has 0 aromatic heterocycles. The summed E-state index contributed by atoms with van der Waals surface area (Å²) < 4.78 is 10.7. The molecule has 1 spiro atoms. The zero-order valence-corrected chi connectivity index (χ0v) is 15.8. The molecule has 2 fully saturated rings. The minimum Gasteiger partial charge on any atom is -0.445 e. The number of likely N-dealkylation sites (tertiary alicyclic amines) is 2. The summed E-state index contributed by atoms with van der Waals surface area (Å²) >= 11 is 0. The molecule has 2 saturated heterocycles. The van der Waals surface area contributed by atoms with E-state index in [-0.39, 0.29) is 26.2 Å². The Morgan fingerprint density at radius 3 is 2.37 bits per heavy atom. The molecule has 2 aliphatic heterocycles. The first kappa shape index (κ1) is 19.4. The van der Waals surface area contributed by atoms with Gasteiger partial charge in [-0.3, -0.25) is 4.90 Å². The molecule has 0 bridgehead atoms. The molecule has 2 aliphatic rings. The third-order valence-corrected chi connectivity index (χ3v) is 4.83. The van der Waals surface area contributed by atoms with E-state index in [9.17, 15) is 19.8 Å². The fourth-order valence-corrected chi connectivity index (χ4v) is 3.47. The SMILES string of the molecule is CC(C)(C)OC(=O)N1CC(O)C(O)C12CN(C(=O)OCc1ccccc1)C2. The van der Waals surface area contributed by atoms with Gasteiger partial charge in [-0.25, -0.2) is 9.59 Å². The largest absolute Gasteiger partial charge is 0.445 e. The van der Waals surface area contributed by atoms with Crippen LogP contribution in [0.5, 0.6) is 0 Å². The third-order valence-electron chi connectivity index (χ3n) is 4.83. The lowest BCUT2D eigenvalue weighted by molar-refractivity contribution is -0.0925. The molecular weight excluding hydrogens is 352 g/mol. The van der Waals surface area contributed by atoms with Crippen molar-refractivity contribution in [3.63, 3.8) is 0 Å². The Hall–Kier alpha value is -2.32. The molecule has 27 heavy (non-hydrogen) atoms. The van der Waals surface area contributed by atoms with Crippen molar-refractivity contribution in [2.45, 2.75) is 50.7 Å². The van der Waals surface area contributed by atoms with Crippen LogP contribution >= 0.6 is 0 Å². The summed E-state index contributed by atoms with van der Waals surface area (Å²) in [5, 5.41) is 20.5. The molecule has 148 valence electrons. The van der Waals surface area contributed by atoms with Crippen molar-refractivity contribution in [3.8, 4) is 0 Å². The zero-order valence-electron chi connectivity index (χ0n) is 15.8. The van der Waals surface area contributed by atoms with E-state index < -0.39 is 35.5 Å². The number of carbonyl (C=O) groups is 2. The first-order valence-electron chi connectivity index (χ1n) is 8.95. The summed E-state index contributed by atoms with van der Waals surface area (Å²) in [5.41, 5.74) is -0.879. The number of nitrogens with zero attached hydrogens (tertiary/aromatic N) is 2. The van der Waals surface area contributed by atoms with E-state index in [0.29, 0.717) is 0 Å². The van der Waals surface area contributed by atoms with Crippen molar-refractivity contribution >= 4 is 12.2 Å². The fraction of sp³-hybridized carbons (Fsp3) is 0.579. The summed E-state index contributed by atoms with van der Waals surface area (Å²) in [6.07, 6.45) is -3.37. The molecule has 0 radical (unpaired) electrons. The molecule has 2 unspecified atom stereocenters. The first-order valence-corrected chi connectivity index (χ1v) is 8.95. The summed E-state index contributed by atoms with van der Waals surface area (Å²) in [6, 6.07) is 9.30. The Kier molecular flexibility index (Phi) is 5.05. The van der Waals surface area contributed by atoms with Crippen LogP contribution in [0.25, 0.3) is 0 Å². The second-order valence-corrected chi connectivity index (χ2v) is 8.10. The van der Waals surface area contributed by atoms with Gasteiger partial charge in [0.2, 0.25) is 0 Å². The second kappa shape index (κ2) is 7.01. The van der Waals surface area contributed by atoms with Gasteiger partial charge in [0, 0.05) is 0 Å². The van der Waals surface area contributed by atoms with E-state index in [1.54, 1.807) is 20.8 Å². The van der Waals surface area contributed by atoms with Gasteiger partial charge in [0.25, 0.3) is 0 Å². The summed E-state index contributed by atoms with van der Waals surface area (Å²) in [4.78, 5) is 27.5. The van der Waals surface area contributed by atoms with Gasteiger partial charge in [0.1, 0.15) is 30.0 Å². The van der Waals surface area contributed by atoms with E-state index in [0.717, 1.165) is 5.56 Å². The summed E-state index contributed by atoms with van der Waals surface area (Å²) in [7, 11) is 0. The number of benzene rings is 1. The van der Waals surface area contributed by atoms with Gasteiger partial charge in [0.05, 0.1) is 19.6 Å². The van der Waals surface area contributed by atoms with Crippen LogP contribution in [-0.4, -0.2) is 75.2 Å². The molecule has 0 aliphatic carbocycles. The molecule has 1 aromatic carbocycles. The first-order chi connectivity index (χ1) is 12.6. The van der Waals surface area contributed by atoms with Crippen LogP contribution in [0, 0.1) is 0 Å². The molecule has 2 atom stereocenters. The number of hydrogen-bond donors (Lipinski definition) is 2. The molecular formula is C19H26N2O6. The van der Waals surface area contributed by atoms with Crippen molar-refractivity contribution in [3.05, 3.63) is 35.9 Å². The highest BCUT2D eigenvalue weighted by atomic mass is 16.6. The highest BCUT2D eigenvalue weighted by Gasteiger charge is 2.63. The monoisotopic (exact) mass is 378 g/mol. The Morgan fingerprint density at radius 2 is 1.78 bits per heavy atom. The predicted octanol–water partition coefficient (Wildman–Crippen LogP) is 1.35. The van der Waals surface area contributed by atoms with Crippen molar-refractivity contribution in [2.24, 2.45) is 0 Å². The van der Waals surface area contributed by atoms with E-state index in [1.807, 2.05) is 30.3 Å². The molecule has 2 N–H and O–H groups in total. The number of amides is 2. The molecule has 0 saturated carbocycles. The number of hydrogen-bond acceptors (Lipinski definition) is 6. The number of aliphatic hydroxyl groups is 2. The van der Waals surface area contributed by atoms with Crippen molar-refractivity contribution in [2.75, 3.05) is 19.6 Å². The Labute approximate surface area is 158 Å². The van der Waals surface area contributed by atoms with Gasteiger partial charge in [-0.2, -0.15) is 0 Å². The van der Waals surface area contributed by atoms with Gasteiger partial charge in [-0.05, 0) is 26.3 Å². The van der Waals surface area contributed by atoms with Crippen LogP contribution in [0.2, 0.25) is 0 Å². The van der Waals surface area contributed by atoms with Crippen molar-refractivity contribution < 1.29 is 29.3 Å². The number of β-amino-alcohol motifs (C(OH)–C–C–N with tert-alkyl or cyclic N) is 1. The summed E-state index contributed by atoms with van der Waals surface area (Å²) in [5.74, 6) is 0. The predicted molar refractivity (Wildman–Crippen MR) is 95.9 cm³/mol. The minimum absolute atomic E-state index is 0.0387. The Balaban J connectivity index is 1.62. The molecule has 8 heteroatoms. The normalized spacial score (nSPS) is 23.9. The second-order valence-electron chi connectivity index (χ2n) is 8.10. The average molecular weight is 378 g/mol. The Morgan fingerprint density at radius 1 is 1.15 bits per heavy atom. The summed E-state index contributed by atoms with van der Waals surface area (Å²) in [6.45, 7) is 5.50. The highest BCUT2D eigenvalue weighted by Crippen LogP contribution is 2.39. The van der Waals surface area contributed by atoms with Gasteiger partial charge < -0.3 is 24.6 Å². The topological polar surface area (TPSA) is 99.5 Å². The smallest absolute Gasteiger partial charge is 0.411 e. The number of carbonyl (C=O) groups excluding carboxylic acids is 2. The van der Waals surface area contributed by atoms with Crippen LogP contribution < -0.4 is 0 Å². The highest BCUT2D eigenvalue weighted by molar-refractivity contribution is 5.74. The third kappa shape index (κ3) is 3.86. The standard InChI is InChI=1S/C19H26N2O6/c1-18(2,3)27-17(25)21-9-14(22)15(23)19(21)11-20(12-19)16(24)26-10-13-7-5-4-6-8-13/h4-8,14-15,22-23H,9-12H2,1-3H3. The van der Waals surface area contributed by atoms with E-state index in [2.05, 4.69) is 0 Å². The van der Waals surface area contributed by atoms with E-state index in [4.69, 9.17) is 9.47 Å². The molecule has 3 rings (SSSR count). The maximum atomic E-state index is 12.5. The van der Waals surface area contributed by atoms with Crippen molar-refractivity contribution in [1.82, 2.24) is 9.80 Å². The van der Waals surface area contributed by atoms with Crippen molar-refractivity contribution in [1.29, 1.82) is 0 Å². The van der Waals surface area contributed by atoms with Crippen LogP contribution in [0.4, 0.5) is 9.59 Å². The van der Waals surface area contributed by atoms with Gasteiger partial charge in [-0.1, -0.05) is 30.3 Å². The van der Waals surface area contributed by atoms with Gasteiger partial charge in [0.15, 0.2) is 0 Å². The minimum atomic E-state index is -1.15. The zero-order chi connectivity index (χ0) is 19.8.